The van der Waals surface area contributed by atoms with Gasteiger partial charge in [0.15, 0.2) is 11.7 Å². The Bertz CT molecular complexity index is 763. The number of alkyl halides is 5. The maximum absolute atomic E-state index is 12.5. The Hall–Kier alpha value is -2.43. The Labute approximate surface area is 156 Å². The standard InChI is InChI=1S/C16H17F5N4OS/c1-22-15(23-6-5-13-25-12(9-27-13)16(19,20)21)24-8-10-3-2-4-11(7-10)26-14(17)18/h2-4,7,9,14H,5-6,8H2,1H3,(H2,22,23,24). The molecule has 1 aromatic carbocycles. The fourth-order valence-corrected chi connectivity index (χ4v) is 2.89. The molecule has 0 fully saturated rings. The summed E-state index contributed by atoms with van der Waals surface area (Å²) in [5.41, 5.74) is -0.193. The van der Waals surface area contributed by atoms with Gasteiger partial charge in [-0.1, -0.05) is 12.1 Å². The molecule has 0 aliphatic heterocycles. The van der Waals surface area contributed by atoms with E-state index in [1.807, 2.05) is 0 Å². The van der Waals surface area contributed by atoms with Gasteiger partial charge in [-0.2, -0.15) is 22.0 Å². The van der Waals surface area contributed by atoms with Crippen molar-refractivity contribution in [2.45, 2.75) is 25.8 Å². The van der Waals surface area contributed by atoms with Crippen molar-refractivity contribution in [1.82, 2.24) is 15.6 Å². The molecule has 0 aliphatic rings. The first kappa shape index (κ1) is 20.9. The number of thiazole rings is 1. The summed E-state index contributed by atoms with van der Waals surface area (Å²) in [5, 5.41) is 7.28. The number of nitrogens with zero attached hydrogens (tertiary/aromatic N) is 2. The van der Waals surface area contributed by atoms with Crippen molar-refractivity contribution in [1.29, 1.82) is 0 Å². The molecule has 2 aromatic rings. The third-order valence-electron chi connectivity index (χ3n) is 3.28. The van der Waals surface area contributed by atoms with Crippen molar-refractivity contribution in [3.05, 3.63) is 45.9 Å². The van der Waals surface area contributed by atoms with Gasteiger partial charge in [-0.25, -0.2) is 4.98 Å². The van der Waals surface area contributed by atoms with E-state index >= 15 is 0 Å². The van der Waals surface area contributed by atoms with E-state index in [1.165, 1.54) is 19.2 Å². The Morgan fingerprint density at radius 1 is 1.30 bits per heavy atom. The Morgan fingerprint density at radius 3 is 2.70 bits per heavy atom. The second-order valence-corrected chi connectivity index (χ2v) is 6.20. The fraction of sp³-hybridized carbons (Fsp3) is 0.375. The van der Waals surface area contributed by atoms with Gasteiger partial charge >= 0.3 is 12.8 Å². The second-order valence-electron chi connectivity index (χ2n) is 5.25. The van der Waals surface area contributed by atoms with Crippen LogP contribution < -0.4 is 15.4 Å². The van der Waals surface area contributed by atoms with Gasteiger partial charge in [0.05, 0.1) is 5.01 Å². The molecule has 0 amide bonds. The van der Waals surface area contributed by atoms with Crippen molar-refractivity contribution in [2.24, 2.45) is 4.99 Å². The highest BCUT2D eigenvalue weighted by Crippen LogP contribution is 2.30. The first-order chi connectivity index (χ1) is 12.8. The molecule has 0 atom stereocenters. The molecule has 0 saturated heterocycles. The van der Waals surface area contributed by atoms with E-state index < -0.39 is 18.5 Å². The van der Waals surface area contributed by atoms with Gasteiger partial charge in [0.1, 0.15) is 5.75 Å². The molecular formula is C16H17F5N4OS. The molecule has 27 heavy (non-hydrogen) atoms. The predicted molar refractivity (Wildman–Crippen MR) is 92.1 cm³/mol. The summed E-state index contributed by atoms with van der Waals surface area (Å²) in [6.45, 7) is -2.26. The lowest BCUT2D eigenvalue weighted by Gasteiger charge is -2.12. The SMILES string of the molecule is CN=C(NCCc1nc(C(F)(F)F)cs1)NCc1cccc(OC(F)F)c1. The molecule has 0 radical (unpaired) electrons. The number of benzene rings is 1. The van der Waals surface area contributed by atoms with Crippen LogP contribution in [0, 0.1) is 0 Å². The lowest BCUT2D eigenvalue weighted by atomic mass is 10.2. The number of nitrogens with one attached hydrogen (secondary N) is 2. The van der Waals surface area contributed by atoms with Crippen molar-refractivity contribution in [3.8, 4) is 5.75 Å². The van der Waals surface area contributed by atoms with E-state index in [1.54, 1.807) is 12.1 Å². The Kier molecular flexibility index (Phi) is 7.34. The highest BCUT2D eigenvalue weighted by Gasteiger charge is 2.33. The summed E-state index contributed by atoms with van der Waals surface area (Å²) in [6.07, 6.45) is -4.14. The maximum atomic E-state index is 12.5. The molecular weight excluding hydrogens is 391 g/mol. The molecule has 0 aliphatic carbocycles. The quantitative estimate of drug-likeness (QED) is 0.417. The smallest absolute Gasteiger partial charge is 0.434 e. The summed E-state index contributed by atoms with van der Waals surface area (Å²) in [5.74, 6) is 0.472. The van der Waals surface area contributed by atoms with E-state index in [0.29, 0.717) is 36.0 Å². The topological polar surface area (TPSA) is 58.5 Å². The van der Waals surface area contributed by atoms with Gasteiger partial charge in [0.2, 0.25) is 0 Å². The number of guanidine groups is 1. The lowest BCUT2D eigenvalue weighted by Crippen LogP contribution is -2.37. The summed E-state index contributed by atoms with van der Waals surface area (Å²) in [7, 11) is 1.54. The van der Waals surface area contributed by atoms with E-state index in [0.717, 1.165) is 16.7 Å². The molecule has 2 rings (SSSR count). The molecule has 0 unspecified atom stereocenters. The van der Waals surface area contributed by atoms with Gasteiger partial charge in [0.25, 0.3) is 0 Å². The molecule has 148 valence electrons. The summed E-state index contributed by atoms with van der Waals surface area (Å²) in [4.78, 5) is 7.54. The summed E-state index contributed by atoms with van der Waals surface area (Å²) in [6, 6.07) is 6.21. The zero-order valence-electron chi connectivity index (χ0n) is 14.2. The molecule has 5 nitrogen and oxygen atoms in total. The van der Waals surface area contributed by atoms with Crippen molar-refractivity contribution in [3.63, 3.8) is 0 Å². The second kappa shape index (κ2) is 9.49. The molecule has 0 spiro atoms. The van der Waals surface area contributed by atoms with Crippen molar-refractivity contribution < 1.29 is 26.7 Å². The molecule has 11 heteroatoms. The summed E-state index contributed by atoms with van der Waals surface area (Å²) < 4.78 is 66.3. The Morgan fingerprint density at radius 2 is 2.07 bits per heavy atom. The molecule has 1 aromatic heterocycles. The van der Waals surface area contributed by atoms with E-state index in [-0.39, 0.29) is 5.75 Å². The zero-order valence-corrected chi connectivity index (χ0v) is 15.0. The van der Waals surface area contributed by atoms with Crippen LogP contribution in [0.3, 0.4) is 0 Å². The molecule has 2 N–H and O–H groups in total. The van der Waals surface area contributed by atoms with Crippen molar-refractivity contribution >= 4 is 17.3 Å². The van der Waals surface area contributed by atoms with Crippen LogP contribution in [0.1, 0.15) is 16.3 Å². The van der Waals surface area contributed by atoms with Gasteiger partial charge in [0, 0.05) is 31.9 Å². The van der Waals surface area contributed by atoms with Crippen LogP contribution in [0.15, 0.2) is 34.6 Å². The van der Waals surface area contributed by atoms with E-state index in [2.05, 4.69) is 25.3 Å². The van der Waals surface area contributed by atoms with Gasteiger partial charge < -0.3 is 15.4 Å². The fourth-order valence-electron chi connectivity index (χ4n) is 2.08. The number of rotatable bonds is 7. The normalized spacial score (nSPS) is 12.3. The highest BCUT2D eigenvalue weighted by molar-refractivity contribution is 7.09. The number of aromatic nitrogens is 1. The minimum atomic E-state index is -4.44. The molecule has 0 bridgehead atoms. The zero-order chi connectivity index (χ0) is 19.9. The highest BCUT2D eigenvalue weighted by atomic mass is 32.1. The van der Waals surface area contributed by atoms with Crippen LogP contribution in [0.5, 0.6) is 5.75 Å². The average Bonchev–Trinajstić information content (AvgIpc) is 3.07. The third kappa shape index (κ3) is 7.00. The molecule has 1 heterocycles. The lowest BCUT2D eigenvalue weighted by molar-refractivity contribution is -0.140. The van der Waals surface area contributed by atoms with E-state index in [4.69, 9.17) is 0 Å². The first-order valence-electron chi connectivity index (χ1n) is 7.78. The van der Waals surface area contributed by atoms with E-state index in [9.17, 15) is 22.0 Å². The van der Waals surface area contributed by atoms with Crippen LogP contribution in [-0.2, 0) is 19.1 Å². The maximum Gasteiger partial charge on any atom is 0.434 e. The summed E-state index contributed by atoms with van der Waals surface area (Å²) >= 11 is 0.946. The van der Waals surface area contributed by atoms with Crippen LogP contribution >= 0.6 is 11.3 Å². The average molecular weight is 408 g/mol. The number of halogens is 5. The monoisotopic (exact) mass is 408 g/mol. The number of ether oxygens (including phenoxy) is 1. The van der Waals surface area contributed by atoms with Crippen molar-refractivity contribution in [2.75, 3.05) is 13.6 Å². The van der Waals surface area contributed by atoms with Gasteiger partial charge in [-0.15, -0.1) is 11.3 Å². The largest absolute Gasteiger partial charge is 0.435 e. The number of hydrogen-bond acceptors (Lipinski definition) is 4. The predicted octanol–water partition coefficient (Wildman–Crippen LogP) is 3.67. The minimum Gasteiger partial charge on any atom is -0.435 e. The third-order valence-corrected chi connectivity index (χ3v) is 4.19. The van der Waals surface area contributed by atoms with Crippen LogP contribution in [-0.4, -0.2) is 31.1 Å². The van der Waals surface area contributed by atoms with Crippen LogP contribution in [0.25, 0.3) is 0 Å². The molecule has 0 saturated carbocycles. The van der Waals surface area contributed by atoms with Gasteiger partial charge in [-0.05, 0) is 17.7 Å². The minimum absolute atomic E-state index is 0.0523. The number of aliphatic imine (C=N–C) groups is 1. The number of hydrogen-bond donors (Lipinski definition) is 2. The van der Waals surface area contributed by atoms with Crippen LogP contribution in [0.4, 0.5) is 22.0 Å². The Balaban J connectivity index is 1.80. The first-order valence-corrected chi connectivity index (χ1v) is 8.65. The van der Waals surface area contributed by atoms with Gasteiger partial charge in [-0.3, -0.25) is 4.99 Å². The van der Waals surface area contributed by atoms with Crippen LogP contribution in [0.2, 0.25) is 0 Å².